The molecule has 9 rings (SSSR count). The van der Waals surface area contributed by atoms with Crippen LogP contribution in [0.15, 0.2) is 170 Å². The molecule has 0 atom stereocenters. The first-order valence-corrected chi connectivity index (χ1v) is 16.9. The Kier molecular flexibility index (Phi) is 6.84. The van der Waals surface area contributed by atoms with Gasteiger partial charge in [0.2, 0.25) is 0 Å². The Balaban J connectivity index is 1.26. The van der Waals surface area contributed by atoms with Crippen molar-refractivity contribution in [3.63, 3.8) is 0 Å². The minimum atomic E-state index is -0.0921. The van der Waals surface area contributed by atoms with Gasteiger partial charge in [-0.1, -0.05) is 141 Å². The minimum absolute atomic E-state index is 0.0921. The standard InChI is InChI=1S/C47H34N2/c1-47(2)40-21-13-12-20-36(40)37-23-22-34(30-41(37)47)46-38(31-14-6-3-7-15-31)28-35(29-39(46)32-16-8-4-9-17-32)43-25-27-44-45(49-43)26-24-42(48-44)33-18-10-5-11-19-33/h3-30H,1-2H3. The Labute approximate surface area is 287 Å². The van der Waals surface area contributed by atoms with E-state index in [0.29, 0.717) is 0 Å². The topological polar surface area (TPSA) is 25.8 Å². The zero-order valence-corrected chi connectivity index (χ0v) is 27.6. The van der Waals surface area contributed by atoms with Crippen molar-refractivity contribution >= 4 is 11.0 Å². The van der Waals surface area contributed by atoms with Crippen molar-refractivity contribution in [1.29, 1.82) is 0 Å². The van der Waals surface area contributed by atoms with Crippen LogP contribution in [0.25, 0.3) is 78.1 Å². The molecule has 2 heterocycles. The van der Waals surface area contributed by atoms with Gasteiger partial charge in [0, 0.05) is 16.5 Å². The Bertz CT molecular complexity index is 2440. The number of hydrogen-bond donors (Lipinski definition) is 0. The summed E-state index contributed by atoms with van der Waals surface area (Å²) in [4.78, 5) is 10.1. The van der Waals surface area contributed by atoms with Crippen LogP contribution in [0.2, 0.25) is 0 Å². The largest absolute Gasteiger partial charge is 0.246 e. The van der Waals surface area contributed by atoms with Crippen molar-refractivity contribution in [2.45, 2.75) is 19.3 Å². The summed E-state index contributed by atoms with van der Waals surface area (Å²) >= 11 is 0. The second-order valence-corrected chi connectivity index (χ2v) is 13.4. The molecule has 1 aliphatic carbocycles. The summed E-state index contributed by atoms with van der Waals surface area (Å²) in [6, 6.07) is 60.8. The monoisotopic (exact) mass is 626 g/mol. The fourth-order valence-electron chi connectivity index (χ4n) is 7.59. The van der Waals surface area contributed by atoms with Crippen molar-refractivity contribution in [2.24, 2.45) is 0 Å². The Morgan fingerprint density at radius 2 is 0.837 bits per heavy atom. The predicted octanol–water partition coefficient (Wildman–Crippen LogP) is 12.3. The van der Waals surface area contributed by atoms with Gasteiger partial charge in [-0.15, -0.1) is 0 Å². The zero-order chi connectivity index (χ0) is 33.0. The van der Waals surface area contributed by atoms with Crippen LogP contribution in [0, 0.1) is 0 Å². The van der Waals surface area contributed by atoms with E-state index in [2.05, 4.69) is 166 Å². The molecule has 6 aromatic carbocycles. The average molecular weight is 627 g/mol. The molecule has 0 saturated heterocycles. The fraction of sp³-hybridized carbons (Fsp3) is 0.0638. The van der Waals surface area contributed by atoms with E-state index < -0.39 is 0 Å². The third-order valence-corrected chi connectivity index (χ3v) is 10.1. The third kappa shape index (κ3) is 4.96. The molecule has 232 valence electrons. The van der Waals surface area contributed by atoms with E-state index in [0.717, 1.165) is 33.5 Å². The second kappa shape index (κ2) is 11.5. The van der Waals surface area contributed by atoms with Gasteiger partial charge in [0.1, 0.15) is 0 Å². The van der Waals surface area contributed by atoms with E-state index in [1.54, 1.807) is 0 Å². The molecular formula is C47H34N2. The second-order valence-electron chi connectivity index (χ2n) is 13.4. The molecule has 0 radical (unpaired) electrons. The Morgan fingerprint density at radius 1 is 0.347 bits per heavy atom. The summed E-state index contributed by atoms with van der Waals surface area (Å²) in [7, 11) is 0. The van der Waals surface area contributed by atoms with Crippen molar-refractivity contribution in [1.82, 2.24) is 9.97 Å². The van der Waals surface area contributed by atoms with Crippen molar-refractivity contribution in [3.8, 4) is 67.0 Å². The summed E-state index contributed by atoms with van der Waals surface area (Å²) in [5.41, 5.74) is 18.3. The van der Waals surface area contributed by atoms with Gasteiger partial charge in [-0.25, -0.2) is 9.97 Å². The van der Waals surface area contributed by atoms with E-state index >= 15 is 0 Å². The van der Waals surface area contributed by atoms with Crippen molar-refractivity contribution in [3.05, 3.63) is 181 Å². The van der Waals surface area contributed by atoms with E-state index in [-0.39, 0.29) is 5.41 Å². The summed E-state index contributed by atoms with van der Waals surface area (Å²) in [5.74, 6) is 0. The van der Waals surface area contributed by atoms with Crippen LogP contribution in [0.1, 0.15) is 25.0 Å². The highest BCUT2D eigenvalue weighted by Gasteiger charge is 2.35. The highest BCUT2D eigenvalue weighted by molar-refractivity contribution is 5.99. The van der Waals surface area contributed by atoms with Gasteiger partial charge < -0.3 is 0 Å². The minimum Gasteiger partial charge on any atom is -0.246 e. The molecule has 49 heavy (non-hydrogen) atoms. The third-order valence-electron chi connectivity index (χ3n) is 10.1. The van der Waals surface area contributed by atoms with Crippen LogP contribution in [-0.2, 0) is 5.41 Å². The summed E-state index contributed by atoms with van der Waals surface area (Å²) in [6.45, 7) is 4.70. The quantitative estimate of drug-likeness (QED) is 0.190. The molecule has 0 N–H and O–H groups in total. The maximum atomic E-state index is 5.18. The molecule has 1 aliphatic rings. The summed E-state index contributed by atoms with van der Waals surface area (Å²) < 4.78 is 0. The lowest BCUT2D eigenvalue weighted by Crippen LogP contribution is -2.14. The Hall–Kier alpha value is -6.12. The van der Waals surface area contributed by atoms with Gasteiger partial charge in [0.25, 0.3) is 0 Å². The smallest absolute Gasteiger partial charge is 0.0894 e. The SMILES string of the molecule is CC1(C)c2ccccc2-c2ccc(-c3c(-c4ccccc4)cc(-c4ccc5nc(-c6ccccc6)ccc5n4)cc3-c3ccccc3)cc21. The predicted molar refractivity (Wildman–Crippen MR) is 204 cm³/mol. The molecule has 0 saturated carbocycles. The highest BCUT2D eigenvalue weighted by Crippen LogP contribution is 2.51. The molecule has 0 unspecified atom stereocenters. The number of rotatable bonds is 5. The first-order chi connectivity index (χ1) is 24.0. The molecule has 0 amide bonds. The Morgan fingerprint density at radius 3 is 1.43 bits per heavy atom. The van der Waals surface area contributed by atoms with Crippen LogP contribution < -0.4 is 0 Å². The number of hydrogen-bond acceptors (Lipinski definition) is 2. The van der Waals surface area contributed by atoms with Crippen molar-refractivity contribution in [2.75, 3.05) is 0 Å². The maximum absolute atomic E-state index is 5.18. The van der Waals surface area contributed by atoms with E-state index in [1.807, 2.05) is 18.2 Å². The van der Waals surface area contributed by atoms with E-state index in [9.17, 15) is 0 Å². The molecule has 2 aromatic heterocycles. The molecule has 2 nitrogen and oxygen atoms in total. The first-order valence-electron chi connectivity index (χ1n) is 16.9. The number of pyridine rings is 2. The van der Waals surface area contributed by atoms with Gasteiger partial charge in [-0.3, -0.25) is 0 Å². The lowest BCUT2D eigenvalue weighted by molar-refractivity contribution is 0.660. The average Bonchev–Trinajstić information content (AvgIpc) is 3.40. The highest BCUT2D eigenvalue weighted by atomic mass is 14.8. The van der Waals surface area contributed by atoms with Gasteiger partial charge in [0.05, 0.1) is 22.4 Å². The van der Waals surface area contributed by atoms with Crippen LogP contribution >= 0.6 is 0 Å². The number of aromatic nitrogens is 2. The number of nitrogens with zero attached hydrogens (tertiary/aromatic N) is 2. The molecule has 0 fully saturated rings. The molecule has 0 bridgehead atoms. The van der Waals surface area contributed by atoms with Crippen LogP contribution in [-0.4, -0.2) is 9.97 Å². The van der Waals surface area contributed by atoms with Gasteiger partial charge in [0.15, 0.2) is 0 Å². The van der Waals surface area contributed by atoms with Crippen molar-refractivity contribution < 1.29 is 0 Å². The summed E-state index contributed by atoms with van der Waals surface area (Å²) in [6.07, 6.45) is 0. The van der Waals surface area contributed by atoms with Gasteiger partial charge in [-0.05, 0) is 98.1 Å². The normalized spacial score (nSPS) is 12.9. The maximum Gasteiger partial charge on any atom is 0.0894 e. The van der Waals surface area contributed by atoms with Gasteiger partial charge in [-0.2, -0.15) is 0 Å². The zero-order valence-electron chi connectivity index (χ0n) is 27.6. The first kappa shape index (κ1) is 29.1. The lowest BCUT2D eigenvalue weighted by Gasteiger charge is -2.23. The lowest BCUT2D eigenvalue weighted by atomic mass is 9.80. The molecule has 2 heteroatoms. The van der Waals surface area contributed by atoms with E-state index in [4.69, 9.17) is 9.97 Å². The molecule has 0 spiro atoms. The molecular weight excluding hydrogens is 593 g/mol. The van der Waals surface area contributed by atoms with E-state index in [1.165, 1.54) is 55.6 Å². The number of fused-ring (bicyclic) bond motifs is 4. The summed E-state index contributed by atoms with van der Waals surface area (Å²) in [5, 5.41) is 0. The number of benzene rings is 6. The van der Waals surface area contributed by atoms with Crippen LogP contribution in [0.5, 0.6) is 0 Å². The van der Waals surface area contributed by atoms with Crippen LogP contribution in [0.4, 0.5) is 0 Å². The fourth-order valence-corrected chi connectivity index (χ4v) is 7.59. The molecule has 8 aromatic rings. The van der Waals surface area contributed by atoms with Crippen LogP contribution in [0.3, 0.4) is 0 Å². The van der Waals surface area contributed by atoms with Gasteiger partial charge >= 0.3 is 0 Å². The molecule has 0 aliphatic heterocycles.